The van der Waals surface area contributed by atoms with E-state index in [0.29, 0.717) is 12.8 Å². The molecule has 2 atom stereocenters. The zero-order valence-electron chi connectivity index (χ0n) is 22.0. The van der Waals surface area contributed by atoms with Gasteiger partial charge in [-0.05, 0) is 29.5 Å². The van der Waals surface area contributed by atoms with E-state index in [-0.39, 0.29) is 43.6 Å². The van der Waals surface area contributed by atoms with Crippen molar-refractivity contribution >= 4 is 30.1 Å². The Labute approximate surface area is 233 Å². The molecule has 0 aromatic heterocycles. The Bertz CT molecular complexity index is 1250. The molecule has 3 N–H and O–H groups in total. The molecule has 0 aliphatic carbocycles. The van der Waals surface area contributed by atoms with Crippen LogP contribution in [0.3, 0.4) is 0 Å². The van der Waals surface area contributed by atoms with Gasteiger partial charge < -0.3 is 14.8 Å². The monoisotopic (exact) mass is 540 g/mol. The molecular weight excluding hydrogens is 508 g/mol. The van der Waals surface area contributed by atoms with Crippen LogP contribution in [0.4, 0.5) is 9.59 Å². The Morgan fingerprint density at radius 3 is 1.85 bits per heavy atom. The number of nitrogens with one attached hydrogen (secondary N) is 3. The fourth-order valence-corrected chi connectivity index (χ4v) is 4.03. The van der Waals surface area contributed by atoms with E-state index in [1.54, 1.807) is 0 Å². The Morgan fingerprint density at radius 2 is 1.32 bits per heavy atom. The summed E-state index contributed by atoms with van der Waals surface area (Å²) in [6.07, 6.45) is 3.61. The standard InChI is InChI=1S/C31H32N4O5/c36-28-26(27(33-28)19-18-23-11-4-1-5-12-23)17-10-20-32-29(34-30(37)39-21-24-13-6-2-7-14-24)35-31(38)40-22-25-15-8-3-9-16-25/h1-9,11-16,18-19,26-27H,10,17,20-22H2,(H,33,36)(H2,32,34,35,37,38)/t26-,27+/m1/s1. The molecule has 0 bridgehead atoms. The van der Waals surface area contributed by atoms with Crippen LogP contribution in [0, 0.1) is 5.92 Å². The van der Waals surface area contributed by atoms with Gasteiger partial charge in [-0.2, -0.15) is 0 Å². The number of hydrogen-bond donors (Lipinski definition) is 3. The zero-order chi connectivity index (χ0) is 28.0. The van der Waals surface area contributed by atoms with Gasteiger partial charge in [0.25, 0.3) is 0 Å². The van der Waals surface area contributed by atoms with Gasteiger partial charge in [-0.3, -0.25) is 20.4 Å². The van der Waals surface area contributed by atoms with Crippen LogP contribution in [0.5, 0.6) is 0 Å². The van der Waals surface area contributed by atoms with E-state index in [1.807, 2.05) is 103 Å². The predicted octanol–water partition coefficient (Wildman–Crippen LogP) is 4.80. The van der Waals surface area contributed by atoms with Crippen molar-refractivity contribution in [2.75, 3.05) is 6.54 Å². The molecule has 0 unspecified atom stereocenters. The Morgan fingerprint density at radius 1 is 0.800 bits per heavy atom. The van der Waals surface area contributed by atoms with Gasteiger partial charge in [0.05, 0.1) is 12.0 Å². The molecule has 0 saturated carbocycles. The summed E-state index contributed by atoms with van der Waals surface area (Å²) in [5, 5.41) is 7.86. The van der Waals surface area contributed by atoms with E-state index >= 15 is 0 Å². The molecule has 1 aliphatic heterocycles. The van der Waals surface area contributed by atoms with Crippen LogP contribution in [-0.2, 0) is 27.5 Å². The summed E-state index contributed by atoms with van der Waals surface area (Å²) < 4.78 is 10.5. The second-order valence-corrected chi connectivity index (χ2v) is 9.16. The van der Waals surface area contributed by atoms with Gasteiger partial charge in [0, 0.05) is 6.54 Å². The van der Waals surface area contributed by atoms with Crippen molar-refractivity contribution in [2.24, 2.45) is 10.9 Å². The van der Waals surface area contributed by atoms with Gasteiger partial charge in [0.15, 0.2) is 0 Å². The van der Waals surface area contributed by atoms with Crippen LogP contribution in [-0.4, -0.2) is 36.6 Å². The number of alkyl carbamates (subject to hydrolysis) is 2. The number of hydrogen-bond acceptors (Lipinski definition) is 6. The molecule has 1 heterocycles. The molecule has 1 saturated heterocycles. The maximum Gasteiger partial charge on any atom is 0.414 e. The molecule has 3 amide bonds. The van der Waals surface area contributed by atoms with E-state index in [0.717, 1.165) is 16.7 Å². The van der Waals surface area contributed by atoms with Crippen molar-refractivity contribution in [3.8, 4) is 0 Å². The first kappa shape index (κ1) is 28.1. The second kappa shape index (κ2) is 14.9. The van der Waals surface area contributed by atoms with Crippen LogP contribution in [0.15, 0.2) is 102 Å². The third-order valence-corrected chi connectivity index (χ3v) is 6.18. The SMILES string of the molecule is O=C(NC(=NCCC[C@H]1C(=O)N[C@H]1C=Cc1ccccc1)NC(=O)OCc1ccccc1)OCc1ccccc1. The average molecular weight is 541 g/mol. The van der Waals surface area contributed by atoms with Gasteiger partial charge >= 0.3 is 12.2 Å². The molecule has 1 aliphatic rings. The maximum atomic E-state index is 12.4. The van der Waals surface area contributed by atoms with Crippen molar-refractivity contribution in [3.05, 3.63) is 114 Å². The van der Waals surface area contributed by atoms with E-state index in [1.165, 1.54) is 0 Å². The van der Waals surface area contributed by atoms with Gasteiger partial charge in [0.2, 0.25) is 11.9 Å². The number of aliphatic imine (C=N–C) groups is 1. The van der Waals surface area contributed by atoms with Gasteiger partial charge in [-0.25, -0.2) is 9.59 Å². The second-order valence-electron chi connectivity index (χ2n) is 9.16. The molecule has 1 fully saturated rings. The lowest BCUT2D eigenvalue weighted by molar-refractivity contribution is -0.133. The molecule has 9 heteroatoms. The highest BCUT2D eigenvalue weighted by atomic mass is 16.6. The first-order chi connectivity index (χ1) is 19.6. The normalized spacial score (nSPS) is 15.8. The number of benzene rings is 3. The van der Waals surface area contributed by atoms with Crippen molar-refractivity contribution in [3.63, 3.8) is 0 Å². The van der Waals surface area contributed by atoms with Crippen LogP contribution in [0.1, 0.15) is 29.5 Å². The third-order valence-electron chi connectivity index (χ3n) is 6.18. The average Bonchev–Trinajstić information content (AvgIpc) is 2.98. The highest BCUT2D eigenvalue weighted by Crippen LogP contribution is 2.22. The van der Waals surface area contributed by atoms with Crippen LogP contribution in [0.25, 0.3) is 6.08 Å². The summed E-state index contributed by atoms with van der Waals surface area (Å²) in [4.78, 5) is 41.2. The molecule has 9 nitrogen and oxygen atoms in total. The first-order valence-corrected chi connectivity index (χ1v) is 13.1. The zero-order valence-corrected chi connectivity index (χ0v) is 22.0. The van der Waals surface area contributed by atoms with Crippen molar-refractivity contribution in [1.82, 2.24) is 16.0 Å². The lowest BCUT2D eigenvalue weighted by Crippen LogP contribution is -2.56. The number of guanidine groups is 1. The number of ether oxygens (including phenoxy) is 2. The maximum absolute atomic E-state index is 12.4. The minimum absolute atomic E-state index is 0.00264. The van der Waals surface area contributed by atoms with Crippen LogP contribution < -0.4 is 16.0 Å². The highest BCUT2D eigenvalue weighted by molar-refractivity contribution is 6.01. The summed E-state index contributed by atoms with van der Waals surface area (Å²) in [7, 11) is 0. The number of nitrogens with zero attached hydrogens (tertiary/aromatic N) is 1. The largest absolute Gasteiger partial charge is 0.444 e. The summed E-state index contributed by atoms with van der Waals surface area (Å²) >= 11 is 0. The van der Waals surface area contributed by atoms with Gasteiger partial charge in [-0.1, -0.05) is 103 Å². The molecule has 3 aromatic carbocycles. The van der Waals surface area contributed by atoms with E-state index in [2.05, 4.69) is 20.9 Å². The molecule has 0 spiro atoms. The summed E-state index contributed by atoms with van der Waals surface area (Å²) in [5.74, 6) is -0.252. The lowest BCUT2D eigenvalue weighted by Gasteiger charge is -2.34. The Balaban J connectivity index is 1.29. The van der Waals surface area contributed by atoms with Gasteiger partial charge in [0.1, 0.15) is 13.2 Å². The predicted molar refractivity (Wildman–Crippen MR) is 152 cm³/mol. The topological polar surface area (TPSA) is 118 Å². The van der Waals surface area contributed by atoms with Crippen molar-refractivity contribution in [1.29, 1.82) is 0 Å². The molecule has 0 radical (unpaired) electrons. The molecule has 206 valence electrons. The molecule has 3 aromatic rings. The number of carbonyl (C=O) groups is 3. The fraction of sp³-hybridized carbons (Fsp3) is 0.226. The number of amides is 3. The summed E-state index contributed by atoms with van der Waals surface area (Å²) in [6.45, 7) is 0.395. The Kier molecular flexibility index (Phi) is 10.4. The fourth-order valence-electron chi connectivity index (χ4n) is 4.03. The quantitative estimate of drug-likeness (QED) is 0.148. The van der Waals surface area contributed by atoms with Crippen LogP contribution >= 0.6 is 0 Å². The van der Waals surface area contributed by atoms with Crippen molar-refractivity contribution in [2.45, 2.75) is 32.1 Å². The highest BCUT2D eigenvalue weighted by Gasteiger charge is 2.36. The third kappa shape index (κ3) is 9.13. The molecular formula is C31H32N4O5. The smallest absolute Gasteiger partial charge is 0.414 e. The van der Waals surface area contributed by atoms with Crippen LogP contribution in [0.2, 0.25) is 0 Å². The Hall–Kier alpha value is -4.92. The summed E-state index contributed by atoms with van der Waals surface area (Å²) in [5.41, 5.74) is 2.70. The van der Waals surface area contributed by atoms with E-state index in [4.69, 9.17) is 9.47 Å². The first-order valence-electron chi connectivity index (χ1n) is 13.1. The number of rotatable bonds is 10. The minimum atomic E-state index is -0.768. The number of β-lactam (4-membered cyclic amide) rings is 1. The minimum Gasteiger partial charge on any atom is -0.444 e. The summed E-state index contributed by atoms with van der Waals surface area (Å²) in [6, 6.07) is 28.3. The molecule has 40 heavy (non-hydrogen) atoms. The molecule has 4 rings (SSSR count). The van der Waals surface area contributed by atoms with E-state index < -0.39 is 12.2 Å². The number of carbonyl (C=O) groups excluding carboxylic acids is 3. The van der Waals surface area contributed by atoms with Gasteiger partial charge in [-0.15, -0.1) is 0 Å². The van der Waals surface area contributed by atoms with Crippen molar-refractivity contribution < 1.29 is 23.9 Å². The van der Waals surface area contributed by atoms with E-state index in [9.17, 15) is 14.4 Å². The lowest BCUT2D eigenvalue weighted by atomic mass is 9.86.